The number of hydrogen-bond donors (Lipinski definition) is 4. The molecule has 0 aromatic rings. The number of carbonyl (C=O) groups excluding carboxylic acids is 2. The van der Waals surface area contributed by atoms with Crippen LogP contribution in [0.25, 0.3) is 0 Å². The van der Waals surface area contributed by atoms with E-state index in [1.165, 1.54) is 0 Å². The van der Waals surface area contributed by atoms with Crippen LogP contribution in [0.15, 0.2) is 0 Å². The fourth-order valence-electron chi connectivity index (χ4n) is 2.20. The summed E-state index contributed by atoms with van der Waals surface area (Å²) >= 11 is 0. The number of nitrogens with one attached hydrogen (secondary N) is 2. The summed E-state index contributed by atoms with van der Waals surface area (Å²) in [7, 11) is 0. The van der Waals surface area contributed by atoms with Crippen molar-refractivity contribution in [2.45, 2.75) is 45.2 Å². The largest absolute Gasteiger partial charge is 0.481 e. The Morgan fingerprint density at radius 3 is 2.45 bits per heavy atom. The van der Waals surface area contributed by atoms with E-state index in [0.29, 0.717) is 19.3 Å². The molecule has 5 N–H and O–H groups in total. The van der Waals surface area contributed by atoms with E-state index in [2.05, 4.69) is 10.6 Å². The second-order valence-corrected chi connectivity index (χ2v) is 5.60. The lowest BCUT2D eigenvalue weighted by atomic mass is 10.1. The molecule has 0 aliphatic heterocycles. The first kappa shape index (κ1) is 16.4. The van der Waals surface area contributed by atoms with Crippen LogP contribution in [0, 0.1) is 11.8 Å². The summed E-state index contributed by atoms with van der Waals surface area (Å²) in [4.78, 5) is 34.0. The van der Waals surface area contributed by atoms with Gasteiger partial charge in [-0.25, -0.2) is 0 Å². The fourth-order valence-corrected chi connectivity index (χ4v) is 2.20. The highest BCUT2D eigenvalue weighted by atomic mass is 16.4. The van der Waals surface area contributed by atoms with Crippen LogP contribution >= 0.6 is 0 Å². The minimum Gasteiger partial charge on any atom is -0.481 e. The Balaban J connectivity index is 2.28. The lowest BCUT2D eigenvalue weighted by Gasteiger charge is -2.16. The predicted octanol–water partition coefficient (Wildman–Crippen LogP) is -0.545. The molecule has 0 aromatic heterocycles. The van der Waals surface area contributed by atoms with Gasteiger partial charge in [0.2, 0.25) is 11.8 Å². The molecule has 1 fully saturated rings. The SMILES string of the molecule is CC(C)[C@H](N)C(=O)NCC(=O)NC1CCC(C(=O)O)C1. The summed E-state index contributed by atoms with van der Waals surface area (Å²) in [6, 6.07) is -0.759. The van der Waals surface area contributed by atoms with Crippen molar-refractivity contribution in [1.29, 1.82) is 0 Å². The number of rotatable bonds is 6. The molecule has 0 spiro atoms. The van der Waals surface area contributed by atoms with Crippen molar-refractivity contribution >= 4 is 17.8 Å². The minimum absolute atomic E-state index is 0.00391. The number of carboxylic acid groups (broad SMARTS) is 1. The monoisotopic (exact) mass is 285 g/mol. The zero-order valence-corrected chi connectivity index (χ0v) is 11.9. The fraction of sp³-hybridized carbons (Fsp3) is 0.769. The van der Waals surface area contributed by atoms with Crippen LogP contribution in [0.2, 0.25) is 0 Å². The molecule has 1 saturated carbocycles. The molecule has 1 aliphatic carbocycles. The summed E-state index contributed by atoms with van der Waals surface area (Å²) in [5.74, 6) is -1.87. The van der Waals surface area contributed by atoms with Crippen molar-refractivity contribution in [3.05, 3.63) is 0 Å². The van der Waals surface area contributed by atoms with E-state index < -0.39 is 12.0 Å². The number of amides is 2. The van der Waals surface area contributed by atoms with Gasteiger partial charge >= 0.3 is 5.97 Å². The van der Waals surface area contributed by atoms with Gasteiger partial charge in [0.1, 0.15) is 0 Å². The zero-order valence-electron chi connectivity index (χ0n) is 11.9. The van der Waals surface area contributed by atoms with Crippen molar-refractivity contribution in [3.8, 4) is 0 Å². The molecule has 1 rings (SSSR count). The molecular weight excluding hydrogens is 262 g/mol. The normalized spacial score (nSPS) is 23.4. The highest BCUT2D eigenvalue weighted by Gasteiger charge is 2.30. The third-order valence-electron chi connectivity index (χ3n) is 3.59. The van der Waals surface area contributed by atoms with Crippen LogP contribution in [0.4, 0.5) is 0 Å². The van der Waals surface area contributed by atoms with Gasteiger partial charge in [-0.05, 0) is 25.2 Å². The maximum Gasteiger partial charge on any atom is 0.306 e. The number of carboxylic acids is 1. The molecule has 7 nitrogen and oxygen atoms in total. The average molecular weight is 285 g/mol. The minimum atomic E-state index is -0.821. The molecule has 20 heavy (non-hydrogen) atoms. The highest BCUT2D eigenvalue weighted by Crippen LogP contribution is 2.25. The van der Waals surface area contributed by atoms with E-state index in [1.807, 2.05) is 13.8 Å². The van der Waals surface area contributed by atoms with Gasteiger partial charge in [-0.1, -0.05) is 13.8 Å². The van der Waals surface area contributed by atoms with Crippen LogP contribution in [-0.4, -0.2) is 41.5 Å². The van der Waals surface area contributed by atoms with Gasteiger partial charge in [0, 0.05) is 6.04 Å². The maximum absolute atomic E-state index is 11.7. The van der Waals surface area contributed by atoms with Crippen molar-refractivity contribution < 1.29 is 19.5 Å². The smallest absolute Gasteiger partial charge is 0.306 e. The molecular formula is C13H23N3O4. The Hall–Kier alpha value is -1.63. The second-order valence-electron chi connectivity index (χ2n) is 5.60. The average Bonchev–Trinajstić information content (AvgIpc) is 2.83. The van der Waals surface area contributed by atoms with Crippen molar-refractivity contribution in [2.24, 2.45) is 17.6 Å². The maximum atomic E-state index is 11.7. The van der Waals surface area contributed by atoms with E-state index in [9.17, 15) is 14.4 Å². The van der Waals surface area contributed by atoms with Gasteiger partial charge in [0.05, 0.1) is 18.5 Å². The number of aliphatic carboxylic acids is 1. The Morgan fingerprint density at radius 1 is 1.30 bits per heavy atom. The Kier molecular flexibility index (Phi) is 5.94. The number of carbonyl (C=O) groups is 3. The highest BCUT2D eigenvalue weighted by molar-refractivity contribution is 5.87. The molecule has 0 heterocycles. The second kappa shape index (κ2) is 7.23. The van der Waals surface area contributed by atoms with Gasteiger partial charge in [-0.3, -0.25) is 14.4 Å². The molecule has 2 amide bonds. The van der Waals surface area contributed by atoms with Crippen LogP contribution in [0.5, 0.6) is 0 Å². The summed E-state index contributed by atoms with van der Waals surface area (Å²) in [6.45, 7) is 3.53. The topological polar surface area (TPSA) is 122 Å². The van der Waals surface area contributed by atoms with Gasteiger partial charge in [-0.15, -0.1) is 0 Å². The molecule has 0 radical (unpaired) electrons. The molecule has 0 aromatic carbocycles. The third kappa shape index (κ3) is 4.80. The van der Waals surface area contributed by atoms with E-state index in [0.717, 1.165) is 0 Å². The molecule has 3 atom stereocenters. The number of hydrogen-bond acceptors (Lipinski definition) is 4. The van der Waals surface area contributed by atoms with Crippen molar-refractivity contribution in [2.75, 3.05) is 6.54 Å². The molecule has 114 valence electrons. The van der Waals surface area contributed by atoms with Gasteiger partial charge in [0.25, 0.3) is 0 Å². The standard InChI is InChI=1S/C13H23N3O4/c1-7(2)11(14)12(18)15-6-10(17)16-9-4-3-8(5-9)13(19)20/h7-9,11H,3-6,14H2,1-2H3,(H,15,18)(H,16,17)(H,19,20)/t8?,9?,11-/m0/s1. The number of nitrogens with two attached hydrogens (primary N) is 1. The molecule has 0 saturated heterocycles. The molecule has 7 heteroatoms. The summed E-state index contributed by atoms with van der Waals surface area (Å²) in [5, 5.41) is 14.1. The molecule has 1 aliphatic rings. The van der Waals surface area contributed by atoms with E-state index >= 15 is 0 Å². The first-order valence-corrected chi connectivity index (χ1v) is 6.86. The summed E-state index contributed by atoms with van der Waals surface area (Å²) in [5.41, 5.74) is 5.65. The van der Waals surface area contributed by atoms with E-state index in [-0.39, 0.29) is 36.2 Å². The summed E-state index contributed by atoms with van der Waals surface area (Å²) in [6.07, 6.45) is 1.67. The van der Waals surface area contributed by atoms with Crippen molar-refractivity contribution in [3.63, 3.8) is 0 Å². The Labute approximate surface area is 118 Å². The first-order valence-electron chi connectivity index (χ1n) is 6.86. The van der Waals surface area contributed by atoms with E-state index in [4.69, 9.17) is 10.8 Å². The Bertz CT molecular complexity index is 384. The van der Waals surface area contributed by atoms with E-state index in [1.54, 1.807) is 0 Å². The third-order valence-corrected chi connectivity index (χ3v) is 3.59. The van der Waals surface area contributed by atoms with Crippen molar-refractivity contribution in [1.82, 2.24) is 10.6 Å². The van der Waals surface area contributed by atoms with Gasteiger partial charge in [-0.2, -0.15) is 0 Å². The lowest BCUT2D eigenvalue weighted by molar-refractivity contribution is -0.141. The van der Waals surface area contributed by atoms with Crippen LogP contribution in [0.3, 0.4) is 0 Å². The quantitative estimate of drug-likeness (QED) is 0.522. The van der Waals surface area contributed by atoms with Gasteiger partial charge in [0.15, 0.2) is 0 Å². The lowest BCUT2D eigenvalue weighted by Crippen LogP contribution is -2.48. The van der Waals surface area contributed by atoms with Crippen LogP contribution < -0.4 is 16.4 Å². The molecule has 0 bridgehead atoms. The molecule has 2 unspecified atom stereocenters. The Morgan fingerprint density at radius 2 is 1.95 bits per heavy atom. The van der Waals surface area contributed by atoms with Gasteiger partial charge < -0.3 is 21.5 Å². The predicted molar refractivity (Wildman–Crippen MR) is 72.7 cm³/mol. The van der Waals surface area contributed by atoms with Crippen LogP contribution in [-0.2, 0) is 14.4 Å². The van der Waals surface area contributed by atoms with Crippen LogP contribution in [0.1, 0.15) is 33.1 Å². The zero-order chi connectivity index (χ0) is 15.3. The first-order chi connectivity index (χ1) is 9.31. The summed E-state index contributed by atoms with van der Waals surface area (Å²) < 4.78 is 0.